The first-order valence-electron chi connectivity index (χ1n) is 9.49. The molecule has 4 rings (SSSR count). The standard InChI is InChI=1S/C22H20N2O7S/c1-11-8-16(23-31-11)24-18(12-9-13(28-2)21(30-4)14(10-12)29-3)17(20(26)22(24)27)19(25)15-6-5-7-32-15/h5-10,18,26H,1-4H3/t18-/m0/s1. The van der Waals surface area contributed by atoms with E-state index >= 15 is 0 Å². The fourth-order valence-electron chi connectivity index (χ4n) is 3.66. The van der Waals surface area contributed by atoms with Crippen molar-refractivity contribution in [3.8, 4) is 17.2 Å². The highest BCUT2D eigenvalue weighted by Crippen LogP contribution is 2.47. The van der Waals surface area contributed by atoms with Crippen LogP contribution in [0.3, 0.4) is 0 Å². The van der Waals surface area contributed by atoms with E-state index in [1.807, 2.05) is 0 Å². The van der Waals surface area contributed by atoms with Gasteiger partial charge in [-0.25, -0.2) is 0 Å². The summed E-state index contributed by atoms with van der Waals surface area (Å²) in [4.78, 5) is 28.1. The Balaban J connectivity index is 1.95. The number of amides is 1. The van der Waals surface area contributed by atoms with Gasteiger partial charge in [-0.1, -0.05) is 11.2 Å². The summed E-state index contributed by atoms with van der Waals surface area (Å²) < 4.78 is 21.4. The van der Waals surface area contributed by atoms with Crippen molar-refractivity contribution in [1.82, 2.24) is 5.16 Å². The summed E-state index contributed by atoms with van der Waals surface area (Å²) >= 11 is 1.21. The van der Waals surface area contributed by atoms with Crippen molar-refractivity contribution < 1.29 is 33.4 Å². The summed E-state index contributed by atoms with van der Waals surface area (Å²) in [5.41, 5.74) is 0.379. The first kappa shape index (κ1) is 21.4. The van der Waals surface area contributed by atoms with Crippen LogP contribution in [0.15, 0.2) is 51.6 Å². The third kappa shape index (κ3) is 3.38. The van der Waals surface area contributed by atoms with Crippen molar-refractivity contribution >= 4 is 28.8 Å². The lowest BCUT2D eigenvalue weighted by Gasteiger charge is -2.25. The van der Waals surface area contributed by atoms with Crippen LogP contribution in [0, 0.1) is 6.92 Å². The van der Waals surface area contributed by atoms with E-state index in [4.69, 9.17) is 18.7 Å². The molecule has 3 heterocycles. The number of thiophene rings is 1. The third-order valence-electron chi connectivity index (χ3n) is 5.06. The van der Waals surface area contributed by atoms with E-state index in [0.717, 1.165) is 0 Å². The van der Waals surface area contributed by atoms with Crippen LogP contribution in [-0.2, 0) is 4.79 Å². The van der Waals surface area contributed by atoms with Gasteiger partial charge in [0.15, 0.2) is 23.1 Å². The number of hydrogen-bond acceptors (Lipinski definition) is 9. The van der Waals surface area contributed by atoms with Crippen LogP contribution >= 0.6 is 11.3 Å². The van der Waals surface area contributed by atoms with Gasteiger partial charge in [-0.05, 0) is 36.1 Å². The van der Waals surface area contributed by atoms with Crippen molar-refractivity contribution in [2.75, 3.05) is 26.2 Å². The maximum atomic E-state index is 13.3. The number of methoxy groups -OCH3 is 3. The normalized spacial score (nSPS) is 15.9. The maximum Gasteiger partial charge on any atom is 0.295 e. The molecule has 1 aliphatic heterocycles. The average Bonchev–Trinajstić information content (AvgIpc) is 3.53. The first-order valence-corrected chi connectivity index (χ1v) is 10.4. The number of anilines is 1. The molecule has 0 saturated heterocycles. The zero-order chi connectivity index (χ0) is 23.0. The largest absolute Gasteiger partial charge is 0.503 e. The number of aliphatic hydroxyl groups excluding tert-OH is 1. The molecule has 0 aliphatic carbocycles. The number of carbonyl (C=O) groups is 2. The van der Waals surface area contributed by atoms with Gasteiger partial charge < -0.3 is 23.8 Å². The molecule has 0 fully saturated rings. The van der Waals surface area contributed by atoms with E-state index in [-0.39, 0.29) is 11.4 Å². The van der Waals surface area contributed by atoms with E-state index < -0.39 is 23.5 Å². The van der Waals surface area contributed by atoms with Gasteiger partial charge >= 0.3 is 0 Å². The predicted molar refractivity (Wildman–Crippen MR) is 116 cm³/mol. The molecule has 1 N–H and O–H groups in total. The number of nitrogens with zero attached hydrogens (tertiary/aromatic N) is 2. The number of aliphatic hydroxyl groups is 1. The fourth-order valence-corrected chi connectivity index (χ4v) is 4.33. The molecule has 0 bridgehead atoms. The lowest BCUT2D eigenvalue weighted by Crippen LogP contribution is -2.31. The Hall–Kier alpha value is -3.79. The number of Topliss-reactive ketones (excluding diaryl/α,β-unsaturated/α-hetero) is 1. The summed E-state index contributed by atoms with van der Waals surface area (Å²) in [6.45, 7) is 1.68. The van der Waals surface area contributed by atoms with Crippen LogP contribution < -0.4 is 19.1 Å². The Labute approximate surface area is 187 Å². The van der Waals surface area contributed by atoms with Crippen LogP contribution in [0.4, 0.5) is 5.82 Å². The number of hydrogen-bond donors (Lipinski definition) is 1. The molecule has 166 valence electrons. The van der Waals surface area contributed by atoms with Gasteiger partial charge in [-0.2, -0.15) is 0 Å². The van der Waals surface area contributed by atoms with Gasteiger partial charge in [0.2, 0.25) is 11.5 Å². The van der Waals surface area contributed by atoms with Crippen molar-refractivity contribution in [3.05, 3.63) is 63.2 Å². The van der Waals surface area contributed by atoms with Gasteiger partial charge in [-0.3, -0.25) is 14.5 Å². The molecule has 1 aromatic carbocycles. The van der Waals surface area contributed by atoms with E-state index in [0.29, 0.717) is 33.4 Å². The lowest BCUT2D eigenvalue weighted by atomic mass is 9.94. The smallest absolute Gasteiger partial charge is 0.295 e. The second-order valence-electron chi connectivity index (χ2n) is 6.90. The van der Waals surface area contributed by atoms with Crippen molar-refractivity contribution in [2.24, 2.45) is 0 Å². The van der Waals surface area contributed by atoms with Gasteiger partial charge in [0.1, 0.15) is 5.76 Å². The molecule has 1 aliphatic rings. The first-order chi connectivity index (χ1) is 15.4. The molecule has 1 amide bonds. The third-order valence-corrected chi connectivity index (χ3v) is 5.93. The van der Waals surface area contributed by atoms with E-state index in [2.05, 4.69) is 5.16 Å². The molecule has 1 atom stereocenters. The number of aryl methyl sites for hydroxylation is 1. The minimum Gasteiger partial charge on any atom is -0.503 e. The molecule has 0 unspecified atom stereocenters. The monoisotopic (exact) mass is 456 g/mol. The van der Waals surface area contributed by atoms with Crippen LogP contribution in [0.2, 0.25) is 0 Å². The number of ether oxygens (including phenoxy) is 3. The maximum absolute atomic E-state index is 13.3. The summed E-state index contributed by atoms with van der Waals surface area (Å²) in [5, 5.41) is 16.5. The Morgan fingerprint density at radius 3 is 2.34 bits per heavy atom. The Morgan fingerprint density at radius 1 is 1.16 bits per heavy atom. The molecule has 0 radical (unpaired) electrons. The van der Waals surface area contributed by atoms with Crippen molar-refractivity contribution in [1.29, 1.82) is 0 Å². The van der Waals surface area contributed by atoms with Gasteiger partial charge in [0.25, 0.3) is 5.91 Å². The average molecular weight is 456 g/mol. The summed E-state index contributed by atoms with van der Waals surface area (Å²) in [5.74, 6) is -0.237. The van der Waals surface area contributed by atoms with Crippen molar-refractivity contribution in [3.63, 3.8) is 0 Å². The van der Waals surface area contributed by atoms with E-state index in [1.165, 1.54) is 37.6 Å². The Morgan fingerprint density at radius 2 is 1.84 bits per heavy atom. The fraction of sp³-hybridized carbons (Fsp3) is 0.227. The van der Waals surface area contributed by atoms with Crippen molar-refractivity contribution in [2.45, 2.75) is 13.0 Å². The zero-order valence-electron chi connectivity index (χ0n) is 17.7. The molecule has 2 aromatic heterocycles. The van der Waals surface area contributed by atoms with Gasteiger partial charge in [-0.15, -0.1) is 11.3 Å². The van der Waals surface area contributed by atoms with E-state index in [1.54, 1.807) is 42.6 Å². The van der Waals surface area contributed by atoms with Crippen LogP contribution in [0.25, 0.3) is 0 Å². The second kappa shape index (κ2) is 8.39. The summed E-state index contributed by atoms with van der Waals surface area (Å²) in [6, 6.07) is 7.15. The van der Waals surface area contributed by atoms with Crippen LogP contribution in [0.1, 0.15) is 27.0 Å². The van der Waals surface area contributed by atoms with E-state index in [9.17, 15) is 14.7 Å². The Bertz CT molecular complexity index is 1190. The van der Waals surface area contributed by atoms with Gasteiger partial charge in [0, 0.05) is 6.07 Å². The lowest BCUT2D eigenvalue weighted by molar-refractivity contribution is -0.117. The summed E-state index contributed by atoms with van der Waals surface area (Å²) in [7, 11) is 4.40. The Kier molecular flexibility index (Phi) is 5.62. The summed E-state index contributed by atoms with van der Waals surface area (Å²) in [6.07, 6.45) is 0. The second-order valence-corrected chi connectivity index (χ2v) is 7.85. The molecule has 9 nitrogen and oxygen atoms in total. The number of ketones is 1. The highest BCUT2D eigenvalue weighted by atomic mass is 32.1. The predicted octanol–water partition coefficient (Wildman–Crippen LogP) is 3.85. The molecular formula is C22H20N2O7S. The number of carbonyl (C=O) groups excluding carboxylic acids is 2. The van der Waals surface area contributed by atoms with Crippen LogP contribution in [-0.4, -0.2) is 43.3 Å². The highest BCUT2D eigenvalue weighted by Gasteiger charge is 2.46. The SMILES string of the molecule is COc1cc([C@H]2C(C(=O)c3cccs3)=C(O)C(=O)N2c2cc(C)on2)cc(OC)c1OC. The molecule has 0 spiro atoms. The number of benzene rings is 1. The minimum atomic E-state index is -1.00. The molecule has 0 saturated carbocycles. The molecule has 10 heteroatoms. The minimum absolute atomic E-state index is 0.0765. The highest BCUT2D eigenvalue weighted by molar-refractivity contribution is 7.12. The molecular weight excluding hydrogens is 436 g/mol. The molecule has 32 heavy (non-hydrogen) atoms. The topological polar surface area (TPSA) is 111 Å². The number of rotatable bonds is 7. The van der Waals surface area contributed by atoms with Gasteiger partial charge in [0.05, 0.1) is 37.8 Å². The van der Waals surface area contributed by atoms with Crippen LogP contribution in [0.5, 0.6) is 17.2 Å². The zero-order valence-corrected chi connectivity index (χ0v) is 18.6. The molecule has 3 aromatic rings. The quantitative estimate of drug-likeness (QED) is 0.534. The number of aromatic nitrogens is 1.